The van der Waals surface area contributed by atoms with Gasteiger partial charge in [-0.15, -0.1) is 0 Å². The maximum absolute atomic E-state index is 12.2. The lowest BCUT2D eigenvalue weighted by molar-refractivity contribution is -0.124. The highest BCUT2D eigenvalue weighted by atomic mass is 35.5. The molecular weight excluding hydrogens is 401 g/mol. The minimum Gasteiger partial charge on any atom is -0.368 e. The van der Waals surface area contributed by atoms with Gasteiger partial charge in [-0.3, -0.25) is 10.0 Å². The van der Waals surface area contributed by atoms with Crippen LogP contribution in [0.1, 0.15) is 5.56 Å². The van der Waals surface area contributed by atoms with Crippen LogP contribution in [0.3, 0.4) is 0 Å². The highest BCUT2D eigenvalue weighted by Crippen LogP contribution is 2.21. The number of anilines is 1. The van der Waals surface area contributed by atoms with Gasteiger partial charge in [-0.25, -0.2) is 18.9 Å². The normalized spacial score (nSPS) is 11.5. The van der Waals surface area contributed by atoms with Crippen molar-refractivity contribution in [1.29, 1.82) is 0 Å². The molecule has 2 aromatic rings. The molecule has 1 aromatic heterocycles. The summed E-state index contributed by atoms with van der Waals surface area (Å²) in [5, 5.41) is 12.0. The van der Waals surface area contributed by atoms with Crippen molar-refractivity contribution in [3.05, 3.63) is 58.2 Å². The number of aromatic nitrogens is 1. The van der Waals surface area contributed by atoms with E-state index in [0.29, 0.717) is 16.4 Å². The van der Waals surface area contributed by atoms with Gasteiger partial charge in [0.15, 0.2) is 9.84 Å². The molecule has 0 unspecified atom stereocenters. The van der Waals surface area contributed by atoms with E-state index in [1.165, 1.54) is 42.0 Å². The Morgan fingerprint density at radius 3 is 2.54 bits per heavy atom. The standard InChI is InChI=1S/C16H15Cl2N3O4S/c17-12-2-4-13(5-3-12)26(24,25)8-7-19-16-14(18)9-11(10-20-16)1-6-15(22)21-23/h1-6,9-10,23H,7-8H2,(H,19,20)(H,21,22)/b6-1+. The zero-order valence-electron chi connectivity index (χ0n) is 13.3. The van der Waals surface area contributed by atoms with Crippen LogP contribution in [0.25, 0.3) is 6.08 Å². The van der Waals surface area contributed by atoms with E-state index in [1.807, 2.05) is 0 Å². The molecule has 10 heteroatoms. The molecule has 0 radical (unpaired) electrons. The number of carbonyl (C=O) groups is 1. The fraction of sp³-hybridized carbons (Fsp3) is 0.125. The average molecular weight is 416 g/mol. The summed E-state index contributed by atoms with van der Waals surface area (Å²) < 4.78 is 24.5. The molecule has 0 aliphatic heterocycles. The first-order valence-corrected chi connectivity index (χ1v) is 9.72. The predicted octanol–water partition coefficient (Wildman–Crippen LogP) is 2.79. The second-order valence-corrected chi connectivity index (χ2v) is 8.06. The number of hydrogen-bond acceptors (Lipinski definition) is 6. The van der Waals surface area contributed by atoms with E-state index in [9.17, 15) is 13.2 Å². The molecule has 1 aromatic carbocycles. The van der Waals surface area contributed by atoms with Gasteiger partial charge >= 0.3 is 0 Å². The van der Waals surface area contributed by atoms with Crippen LogP contribution in [-0.4, -0.2) is 36.8 Å². The summed E-state index contributed by atoms with van der Waals surface area (Å²) in [6.45, 7) is 0.111. The summed E-state index contributed by atoms with van der Waals surface area (Å²) in [4.78, 5) is 15.2. The molecule has 0 saturated heterocycles. The van der Waals surface area contributed by atoms with Crippen molar-refractivity contribution in [1.82, 2.24) is 10.5 Å². The summed E-state index contributed by atoms with van der Waals surface area (Å²) in [5.74, 6) is -0.511. The van der Waals surface area contributed by atoms with E-state index in [-0.39, 0.29) is 22.2 Å². The van der Waals surface area contributed by atoms with Crippen molar-refractivity contribution in [2.75, 3.05) is 17.6 Å². The molecule has 0 spiro atoms. The van der Waals surface area contributed by atoms with E-state index in [2.05, 4.69) is 10.3 Å². The summed E-state index contributed by atoms with van der Waals surface area (Å²) in [6.07, 6.45) is 3.97. The first-order chi connectivity index (χ1) is 12.3. The molecule has 7 nitrogen and oxygen atoms in total. The topological polar surface area (TPSA) is 108 Å². The third kappa shape index (κ3) is 5.70. The number of pyridine rings is 1. The fourth-order valence-electron chi connectivity index (χ4n) is 1.95. The van der Waals surface area contributed by atoms with E-state index < -0.39 is 15.7 Å². The molecule has 138 valence electrons. The van der Waals surface area contributed by atoms with Gasteiger partial charge in [-0.2, -0.15) is 0 Å². The van der Waals surface area contributed by atoms with Gasteiger partial charge in [-0.1, -0.05) is 23.2 Å². The zero-order chi connectivity index (χ0) is 19.2. The second kappa shape index (κ2) is 9.00. The minimum absolute atomic E-state index is 0.111. The largest absolute Gasteiger partial charge is 0.368 e. The highest BCUT2D eigenvalue weighted by Gasteiger charge is 2.14. The smallest absolute Gasteiger partial charge is 0.267 e. The summed E-state index contributed by atoms with van der Waals surface area (Å²) >= 11 is 11.8. The molecule has 0 fully saturated rings. The Kier molecular flexibility index (Phi) is 6.98. The van der Waals surface area contributed by atoms with Gasteiger partial charge in [0.2, 0.25) is 0 Å². The molecule has 0 aliphatic carbocycles. The predicted molar refractivity (Wildman–Crippen MR) is 100 cm³/mol. The average Bonchev–Trinajstić information content (AvgIpc) is 2.61. The molecule has 26 heavy (non-hydrogen) atoms. The molecule has 2 rings (SSSR count). The van der Waals surface area contributed by atoms with Crippen LogP contribution in [0.5, 0.6) is 0 Å². The monoisotopic (exact) mass is 415 g/mol. The van der Waals surface area contributed by atoms with E-state index in [4.69, 9.17) is 28.4 Å². The Morgan fingerprint density at radius 1 is 1.23 bits per heavy atom. The van der Waals surface area contributed by atoms with E-state index in [0.717, 1.165) is 6.08 Å². The second-order valence-electron chi connectivity index (χ2n) is 5.11. The number of nitrogens with zero attached hydrogens (tertiary/aromatic N) is 1. The Labute approximate surface area is 160 Å². The summed E-state index contributed by atoms with van der Waals surface area (Å²) in [6, 6.07) is 7.48. The Balaban J connectivity index is 1.98. The first-order valence-electron chi connectivity index (χ1n) is 7.32. The van der Waals surface area contributed by atoms with Crippen LogP contribution in [0.2, 0.25) is 10.0 Å². The van der Waals surface area contributed by atoms with Gasteiger partial charge in [0.1, 0.15) is 5.82 Å². The van der Waals surface area contributed by atoms with Crippen molar-refractivity contribution in [3.63, 3.8) is 0 Å². The summed E-state index contributed by atoms with van der Waals surface area (Å²) in [5.41, 5.74) is 2.00. The number of nitrogens with one attached hydrogen (secondary N) is 2. The van der Waals surface area contributed by atoms with E-state index in [1.54, 1.807) is 6.07 Å². The van der Waals surface area contributed by atoms with Crippen LogP contribution in [0.15, 0.2) is 47.5 Å². The fourth-order valence-corrected chi connectivity index (χ4v) is 3.47. The van der Waals surface area contributed by atoms with Crippen LogP contribution >= 0.6 is 23.2 Å². The Hall–Kier alpha value is -2.13. The molecular formula is C16H15Cl2N3O4S. The maximum atomic E-state index is 12.2. The summed E-state index contributed by atoms with van der Waals surface area (Å²) in [7, 11) is -3.46. The van der Waals surface area contributed by atoms with Crippen molar-refractivity contribution in [2.24, 2.45) is 0 Å². The van der Waals surface area contributed by atoms with Crippen molar-refractivity contribution >= 4 is 50.8 Å². The number of sulfone groups is 1. The molecule has 0 bridgehead atoms. The number of amides is 1. The van der Waals surface area contributed by atoms with Crippen LogP contribution in [-0.2, 0) is 14.6 Å². The number of benzene rings is 1. The molecule has 0 aliphatic rings. The molecule has 0 saturated carbocycles. The van der Waals surface area contributed by atoms with Crippen molar-refractivity contribution in [3.8, 4) is 0 Å². The molecule has 0 atom stereocenters. The number of hydrogen-bond donors (Lipinski definition) is 3. The Morgan fingerprint density at radius 2 is 1.92 bits per heavy atom. The van der Waals surface area contributed by atoms with Gasteiger partial charge in [-0.05, 0) is 42.0 Å². The lowest BCUT2D eigenvalue weighted by atomic mass is 10.2. The molecule has 1 amide bonds. The van der Waals surface area contributed by atoms with Gasteiger partial charge < -0.3 is 5.32 Å². The number of halogens is 2. The SMILES string of the molecule is O=C(/C=C/c1cnc(NCCS(=O)(=O)c2ccc(Cl)cc2)c(Cl)c1)NO. The van der Waals surface area contributed by atoms with Gasteiger partial charge in [0.25, 0.3) is 5.91 Å². The minimum atomic E-state index is -3.46. The van der Waals surface area contributed by atoms with Crippen molar-refractivity contribution < 1.29 is 18.4 Å². The molecule has 3 N–H and O–H groups in total. The van der Waals surface area contributed by atoms with Crippen LogP contribution < -0.4 is 10.8 Å². The van der Waals surface area contributed by atoms with Gasteiger partial charge in [0, 0.05) is 23.8 Å². The number of hydroxylamine groups is 1. The lowest BCUT2D eigenvalue weighted by Crippen LogP contribution is -2.16. The van der Waals surface area contributed by atoms with Gasteiger partial charge in [0.05, 0.1) is 15.7 Å². The lowest BCUT2D eigenvalue weighted by Gasteiger charge is -2.09. The number of rotatable bonds is 7. The van der Waals surface area contributed by atoms with Crippen molar-refractivity contribution in [2.45, 2.75) is 4.90 Å². The van der Waals surface area contributed by atoms with E-state index >= 15 is 0 Å². The van der Waals surface area contributed by atoms with Crippen LogP contribution in [0, 0.1) is 0 Å². The van der Waals surface area contributed by atoms with Crippen LogP contribution in [0.4, 0.5) is 5.82 Å². The Bertz CT molecular complexity index is 916. The third-order valence-electron chi connectivity index (χ3n) is 3.24. The quantitative estimate of drug-likeness (QED) is 0.364. The zero-order valence-corrected chi connectivity index (χ0v) is 15.6. The third-order valence-corrected chi connectivity index (χ3v) is 5.51. The number of carbonyl (C=O) groups excluding carboxylic acids is 1. The first kappa shape index (κ1) is 20.2. The highest BCUT2D eigenvalue weighted by molar-refractivity contribution is 7.91. The molecule has 1 heterocycles. The maximum Gasteiger partial charge on any atom is 0.267 e.